The van der Waals surface area contributed by atoms with E-state index >= 15 is 0 Å². The number of amides is 1. The average molecular weight is 356 g/mol. The van der Waals surface area contributed by atoms with Gasteiger partial charge in [-0.3, -0.25) is 4.79 Å². The predicted molar refractivity (Wildman–Crippen MR) is 83.3 cm³/mol. The van der Waals surface area contributed by atoms with Gasteiger partial charge in [-0.1, -0.05) is 23.2 Å². The Morgan fingerprint density at radius 1 is 1.30 bits per heavy atom. The van der Waals surface area contributed by atoms with Gasteiger partial charge >= 0.3 is 5.97 Å². The second-order valence-electron chi connectivity index (χ2n) is 4.46. The molecular weight excluding hydrogens is 345 g/mol. The van der Waals surface area contributed by atoms with Gasteiger partial charge in [0.05, 0.1) is 21.3 Å². The van der Waals surface area contributed by atoms with Crippen LogP contribution in [0.4, 0.5) is 5.82 Å². The van der Waals surface area contributed by atoms with Crippen molar-refractivity contribution in [3.05, 3.63) is 57.1 Å². The molecule has 1 amide bonds. The Labute approximate surface area is 141 Å². The molecule has 0 aliphatic rings. The summed E-state index contributed by atoms with van der Waals surface area (Å²) in [6.07, 6.45) is 2.30. The van der Waals surface area contributed by atoms with Crippen LogP contribution in [0.5, 0.6) is 0 Å². The first-order valence-electron chi connectivity index (χ1n) is 6.35. The zero-order valence-electron chi connectivity index (χ0n) is 11.9. The van der Waals surface area contributed by atoms with E-state index in [0.29, 0.717) is 15.4 Å². The topological polar surface area (TPSA) is 95.2 Å². The molecule has 2 aromatic rings. The highest BCUT2D eigenvalue weighted by atomic mass is 35.5. The fourth-order valence-electron chi connectivity index (χ4n) is 1.58. The summed E-state index contributed by atoms with van der Waals surface area (Å²) in [6, 6.07) is 4.03. The summed E-state index contributed by atoms with van der Waals surface area (Å²) in [5.41, 5.74) is 0.655. The molecule has 9 heteroatoms. The van der Waals surface area contributed by atoms with Gasteiger partial charge in [0.1, 0.15) is 0 Å². The van der Waals surface area contributed by atoms with Crippen LogP contribution in [0.3, 0.4) is 0 Å². The molecule has 120 valence electrons. The molecule has 0 fully saturated rings. The minimum absolute atomic E-state index is 0.127. The van der Waals surface area contributed by atoms with E-state index in [1.807, 2.05) is 0 Å². The van der Waals surface area contributed by atoms with Crippen LogP contribution in [0.15, 0.2) is 30.6 Å². The summed E-state index contributed by atoms with van der Waals surface area (Å²) in [7, 11) is 0. The van der Waals surface area contributed by atoms with Crippen molar-refractivity contribution in [1.29, 1.82) is 0 Å². The number of esters is 1. The van der Waals surface area contributed by atoms with Crippen molar-refractivity contribution in [3.8, 4) is 0 Å². The van der Waals surface area contributed by atoms with E-state index in [0.717, 1.165) is 12.4 Å². The van der Waals surface area contributed by atoms with Gasteiger partial charge < -0.3 is 15.3 Å². The third-order valence-electron chi connectivity index (χ3n) is 2.73. The molecule has 0 spiro atoms. The number of aryl methyl sites for hydroxylation is 1. The molecule has 2 rings (SSSR count). The lowest BCUT2D eigenvalue weighted by Gasteiger charge is -2.09. The first-order chi connectivity index (χ1) is 10.9. The fraction of sp³-hybridized carbons (Fsp3) is 0.143. The maximum atomic E-state index is 11.8. The lowest BCUT2D eigenvalue weighted by atomic mass is 10.3. The van der Waals surface area contributed by atoms with Crippen molar-refractivity contribution in [3.63, 3.8) is 0 Å². The number of pyridine rings is 2. The van der Waals surface area contributed by atoms with E-state index in [4.69, 9.17) is 27.9 Å². The van der Waals surface area contributed by atoms with Gasteiger partial charge in [-0.2, -0.15) is 4.73 Å². The van der Waals surface area contributed by atoms with Crippen LogP contribution in [0.1, 0.15) is 16.1 Å². The van der Waals surface area contributed by atoms with Gasteiger partial charge in [-0.25, -0.2) is 9.78 Å². The van der Waals surface area contributed by atoms with E-state index in [2.05, 4.69) is 10.3 Å². The predicted octanol–water partition coefficient (Wildman–Crippen LogP) is 2.13. The van der Waals surface area contributed by atoms with Crippen LogP contribution in [-0.2, 0) is 9.53 Å². The van der Waals surface area contributed by atoms with Crippen molar-refractivity contribution in [2.24, 2.45) is 0 Å². The Morgan fingerprint density at radius 3 is 2.61 bits per heavy atom. The van der Waals surface area contributed by atoms with Crippen LogP contribution in [0.25, 0.3) is 0 Å². The normalized spacial score (nSPS) is 10.2. The summed E-state index contributed by atoms with van der Waals surface area (Å²) in [5, 5.41) is 13.8. The van der Waals surface area contributed by atoms with E-state index in [1.165, 1.54) is 18.2 Å². The molecule has 0 aliphatic heterocycles. The zero-order valence-corrected chi connectivity index (χ0v) is 13.4. The molecule has 0 aromatic carbocycles. The second kappa shape index (κ2) is 7.26. The van der Waals surface area contributed by atoms with E-state index in [9.17, 15) is 14.8 Å². The summed E-state index contributed by atoms with van der Waals surface area (Å²) in [4.78, 5) is 27.5. The van der Waals surface area contributed by atoms with Crippen LogP contribution in [0, 0.1) is 12.1 Å². The van der Waals surface area contributed by atoms with Crippen LogP contribution in [-0.4, -0.2) is 23.5 Å². The van der Waals surface area contributed by atoms with Crippen molar-refractivity contribution in [2.45, 2.75) is 6.92 Å². The standard InChI is InChI=1S/C14H11Cl2N3O4/c1-8-10(15)6-11(16)13(17-8)18-12(20)7-23-14(21)9-2-4-19(22)5-3-9/h2-6H,7H2,1H3,(H,17,18,20). The van der Waals surface area contributed by atoms with E-state index in [1.54, 1.807) is 6.92 Å². The van der Waals surface area contributed by atoms with Crippen LogP contribution in [0.2, 0.25) is 10.0 Å². The SMILES string of the molecule is Cc1nc(NC(=O)COC(=O)c2cc[n+]([O-])cc2)c(Cl)cc1Cl. The molecule has 0 saturated carbocycles. The van der Waals surface area contributed by atoms with E-state index < -0.39 is 18.5 Å². The zero-order chi connectivity index (χ0) is 17.0. The first kappa shape index (κ1) is 17.0. The number of halogens is 2. The summed E-state index contributed by atoms with van der Waals surface area (Å²) < 4.78 is 5.36. The molecule has 0 aliphatic carbocycles. The van der Waals surface area contributed by atoms with Crippen molar-refractivity contribution >= 4 is 40.9 Å². The van der Waals surface area contributed by atoms with Gasteiger partial charge in [0, 0.05) is 12.1 Å². The van der Waals surface area contributed by atoms with Crippen LogP contribution < -0.4 is 10.0 Å². The number of ether oxygens (including phenoxy) is 1. The molecule has 2 heterocycles. The smallest absolute Gasteiger partial charge is 0.339 e. The highest BCUT2D eigenvalue weighted by Crippen LogP contribution is 2.25. The fourth-order valence-corrected chi connectivity index (χ4v) is 1.98. The number of anilines is 1. The maximum absolute atomic E-state index is 11.8. The van der Waals surface area contributed by atoms with Gasteiger partial charge in [-0.15, -0.1) is 0 Å². The molecule has 0 saturated heterocycles. The number of aromatic nitrogens is 2. The maximum Gasteiger partial charge on any atom is 0.339 e. The first-order valence-corrected chi connectivity index (χ1v) is 7.11. The highest BCUT2D eigenvalue weighted by molar-refractivity contribution is 6.36. The minimum Gasteiger partial charge on any atom is -0.619 e. The third kappa shape index (κ3) is 4.54. The number of carbonyl (C=O) groups excluding carboxylic acids is 2. The number of nitrogens with one attached hydrogen (secondary N) is 1. The quantitative estimate of drug-likeness (QED) is 0.514. The van der Waals surface area contributed by atoms with Crippen molar-refractivity contribution in [2.75, 3.05) is 11.9 Å². The molecule has 7 nitrogen and oxygen atoms in total. The monoisotopic (exact) mass is 355 g/mol. The lowest BCUT2D eigenvalue weighted by molar-refractivity contribution is -0.605. The number of rotatable bonds is 4. The lowest BCUT2D eigenvalue weighted by Crippen LogP contribution is -2.25. The number of carbonyl (C=O) groups is 2. The molecule has 0 unspecified atom stereocenters. The second-order valence-corrected chi connectivity index (χ2v) is 5.27. The van der Waals surface area contributed by atoms with Gasteiger partial charge in [0.2, 0.25) is 0 Å². The minimum atomic E-state index is -0.730. The molecule has 1 N–H and O–H groups in total. The van der Waals surface area contributed by atoms with E-state index in [-0.39, 0.29) is 16.4 Å². The summed E-state index contributed by atoms with van der Waals surface area (Å²) in [6.45, 7) is 1.14. The number of nitrogens with zero attached hydrogens (tertiary/aromatic N) is 2. The molecule has 0 bridgehead atoms. The highest BCUT2D eigenvalue weighted by Gasteiger charge is 2.14. The number of hydrogen-bond acceptors (Lipinski definition) is 5. The van der Waals surface area contributed by atoms with Gasteiger partial charge in [0.25, 0.3) is 5.91 Å². The van der Waals surface area contributed by atoms with Crippen molar-refractivity contribution in [1.82, 2.24) is 4.98 Å². The Morgan fingerprint density at radius 2 is 1.96 bits per heavy atom. The molecule has 0 atom stereocenters. The Kier molecular flexibility index (Phi) is 5.36. The number of hydrogen-bond donors (Lipinski definition) is 1. The largest absolute Gasteiger partial charge is 0.619 e. The Bertz CT molecular complexity index is 750. The van der Waals surface area contributed by atoms with Gasteiger partial charge in [-0.05, 0) is 13.0 Å². The molecule has 23 heavy (non-hydrogen) atoms. The average Bonchev–Trinajstić information content (AvgIpc) is 2.51. The summed E-state index contributed by atoms with van der Waals surface area (Å²) in [5.74, 6) is -1.21. The Balaban J connectivity index is 1.94. The summed E-state index contributed by atoms with van der Waals surface area (Å²) >= 11 is 11.8. The van der Waals surface area contributed by atoms with Crippen molar-refractivity contribution < 1.29 is 19.1 Å². The van der Waals surface area contributed by atoms with Gasteiger partial charge in [0.15, 0.2) is 24.8 Å². The molecule has 0 radical (unpaired) electrons. The third-order valence-corrected chi connectivity index (χ3v) is 3.41. The Hall–Kier alpha value is -2.38. The van der Waals surface area contributed by atoms with Crippen LogP contribution >= 0.6 is 23.2 Å². The molecule has 2 aromatic heterocycles. The molecular formula is C14H11Cl2N3O4.